The van der Waals surface area contributed by atoms with Crippen LogP contribution in [0.5, 0.6) is 5.75 Å². The number of thioether (sulfide) groups is 1. The molecule has 1 fully saturated rings. The maximum atomic E-state index is 12.3. The number of nitrogens with zero attached hydrogens (tertiary/aromatic N) is 3. The van der Waals surface area contributed by atoms with Crippen LogP contribution < -0.4 is 4.74 Å². The molecule has 1 aliphatic rings. The minimum atomic E-state index is 0.0421. The molecule has 0 amide bonds. The summed E-state index contributed by atoms with van der Waals surface area (Å²) < 4.78 is 7.37. The van der Waals surface area contributed by atoms with Crippen LogP contribution in [0.1, 0.15) is 35.1 Å². The largest absolute Gasteiger partial charge is 0.496 e. The number of methoxy groups -OCH3 is 1. The van der Waals surface area contributed by atoms with E-state index in [2.05, 4.69) is 14.8 Å². The lowest BCUT2D eigenvalue weighted by atomic mass is 10.1. The number of ether oxygens (including phenoxy) is 1. The summed E-state index contributed by atoms with van der Waals surface area (Å²) in [5.41, 5.74) is 0.613. The smallest absolute Gasteiger partial charge is 0.191 e. The molecule has 0 radical (unpaired) electrons. The number of aromatic nitrogens is 3. The maximum absolute atomic E-state index is 12.3. The van der Waals surface area contributed by atoms with Gasteiger partial charge in [0, 0.05) is 6.04 Å². The molecule has 1 aromatic heterocycles. The Bertz CT molecular complexity index is 665. The fraction of sp³-hybridized carbons (Fsp3) is 0.400. The number of aryl methyl sites for hydroxylation is 1. The summed E-state index contributed by atoms with van der Waals surface area (Å²) in [6.45, 7) is 1.96. The van der Waals surface area contributed by atoms with Crippen molar-refractivity contribution in [1.82, 2.24) is 14.8 Å². The standard InChI is InChI=1S/C15H17N3O2S/c1-10-16-17-15(18(10)11-7-8-11)21-9-13(19)12-5-3-4-6-14(12)20-2/h3-6,11H,7-9H2,1-2H3. The molecule has 5 nitrogen and oxygen atoms in total. The third-order valence-corrected chi connectivity index (χ3v) is 4.43. The highest BCUT2D eigenvalue weighted by Crippen LogP contribution is 2.38. The van der Waals surface area contributed by atoms with Crippen molar-refractivity contribution in [2.24, 2.45) is 0 Å². The van der Waals surface area contributed by atoms with Gasteiger partial charge in [-0.1, -0.05) is 23.9 Å². The predicted octanol–water partition coefficient (Wildman–Crippen LogP) is 2.91. The lowest BCUT2D eigenvalue weighted by molar-refractivity contribution is 0.101. The van der Waals surface area contributed by atoms with Gasteiger partial charge in [-0.15, -0.1) is 10.2 Å². The highest BCUT2D eigenvalue weighted by atomic mass is 32.2. The van der Waals surface area contributed by atoms with Gasteiger partial charge in [0.05, 0.1) is 18.4 Å². The molecule has 110 valence electrons. The molecular formula is C15H17N3O2S. The number of hydrogen-bond donors (Lipinski definition) is 0. The Morgan fingerprint density at radius 1 is 1.38 bits per heavy atom. The van der Waals surface area contributed by atoms with E-state index in [-0.39, 0.29) is 5.78 Å². The molecule has 21 heavy (non-hydrogen) atoms. The molecule has 1 saturated carbocycles. The number of benzene rings is 1. The van der Waals surface area contributed by atoms with Crippen LogP contribution >= 0.6 is 11.8 Å². The van der Waals surface area contributed by atoms with E-state index in [1.807, 2.05) is 19.1 Å². The third-order valence-electron chi connectivity index (χ3n) is 3.49. The average Bonchev–Trinajstić information content (AvgIpc) is 3.28. The van der Waals surface area contributed by atoms with E-state index in [0.717, 1.165) is 11.0 Å². The van der Waals surface area contributed by atoms with Gasteiger partial charge in [-0.05, 0) is 31.9 Å². The lowest BCUT2D eigenvalue weighted by Gasteiger charge is -2.08. The predicted molar refractivity (Wildman–Crippen MR) is 81.1 cm³/mol. The van der Waals surface area contributed by atoms with Crippen LogP contribution in [0.2, 0.25) is 0 Å². The number of hydrogen-bond acceptors (Lipinski definition) is 5. The zero-order chi connectivity index (χ0) is 14.8. The first kappa shape index (κ1) is 14.1. The zero-order valence-electron chi connectivity index (χ0n) is 12.1. The van der Waals surface area contributed by atoms with Crippen molar-refractivity contribution >= 4 is 17.5 Å². The second-order valence-electron chi connectivity index (χ2n) is 5.04. The molecule has 0 N–H and O–H groups in total. The average molecular weight is 303 g/mol. The van der Waals surface area contributed by atoms with Gasteiger partial charge in [-0.25, -0.2) is 0 Å². The molecule has 0 bridgehead atoms. The van der Waals surface area contributed by atoms with Gasteiger partial charge in [0.1, 0.15) is 11.6 Å². The van der Waals surface area contributed by atoms with Crippen LogP contribution in [0.3, 0.4) is 0 Å². The summed E-state index contributed by atoms with van der Waals surface area (Å²) in [4.78, 5) is 12.3. The van der Waals surface area contributed by atoms with Crippen molar-refractivity contribution in [1.29, 1.82) is 0 Å². The molecule has 0 aliphatic heterocycles. The fourth-order valence-corrected chi connectivity index (χ4v) is 3.22. The number of carbonyl (C=O) groups excluding carboxylic acids is 1. The number of carbonyl (C=O) groups is 1. The lowest BCUT2D eigenvalue weighted by Crippen LogP contribution is -2.06. The Kier molecular flexibility index (Phi) is 3.96. The number of para-hydroxylation sites is 1. The van der Waals surface area contributed by atoms with Crippen LogP contribution in [0.15, 0.2) is 29.4 Å². The molecule has 0 atom stereocenters. The van der Waals surface area contributed by atoms with Crippen LogP contribution in [0.25, 0.3) is 0 Å². The Balaban J connectivity index is 1.71. The van der Waals surface area contributed by atoms with Crippen molar-refractivity contribution in [3.63, 3.8) is 0 Å². The van der Waals surface area contributed by atoms with E-state index in [9.17, 15) is 4.79 Å². The minimum Gasteiger partial charge on any atom is -0.496 e. The first-order valence-electron chi connectivity index (χ1n) is 6.91. The molecule has 3 rings (SSSR count). The highest BCUT2D eigenvalue weighted by Gasteiger charge is 2.28. The van der Waals surface area contributed by atoms with Gasteiger partial charge in [0.25, 0.3) is 0 Å². The zero-order valence-corrected chi connectivity index (χ0v) is 12.9. The molecular weight excluding hydrogens is 286 g/mol. The Morgan fingerprint density at radius 3 is 2.86 bits per heavy atom. The van der Waals surface area contributed by atoms with E-state index in [0.29, 0.717) is 23.1 Å². The fourth-order valence-electron chi connectivity index (χ4n) is 2.28. The summed E-state index contributed by atoms with van der Waals surface area (Å²) in [6.07, 6.45) is 2.35. The summed E-state index contributed by atoms with van der Waals surface area (Å²) in [7, 11) is 1.58. The topological polar surface area (TPSA) is 57.0 Å². The van der Waals surface area contributed by atoms with E-state index in [1.165, 1.54) is 24.6 Å². The Hall–Kier alpha value is -1.82. The molecule has 0 spiro atoms. The third kappa shape index (κ3) is 2.95. The summed E-state index contributed by atoms with van der Waals surface area (Å²) in [5, 5.41) is 9.13. The Morgan fingerprint density at radius 2 is 2.14 bits per heavy atom. The monoisotopic (exact) mass is 303 g/mol. The quantitative estimate of drug-likeness (QED) is 0.606. The molecule has 0 saturated heterocycles. The van der Waals surface area contributed by atoms with Crippen molar-refractivity contribution in [2.75, 3.05) is 12.9 Å². The van der Waals surface area contributed by atoms with Gasteiger partial charge in [0.2, 0.25) is 0 Å². The van der Waals surface area contributed by atoms with Crippen molar-refractivity contribution in [3.05, 3.63) is 35.7 Å². The first-order chi connectivity index (χ1) is 10.2. The molecule has 1 heterocycles. The maximum Gasteiger partial charge on any atom is 0.191 e. The van der Waals surface area contributed by atoms with Crippen molar-refractivity contribution < 1.29 is 9.53 Å². The van der Waals surface area contributed by atoms with E-state index < -0.39 is 0 Å². The molecule has 0 unspecified atom stereocenters. The molecule has 1 aromatic carbocycles. The van der Waals surface area contributed by atoms with Crippen molar-refractivity contribution in [3.8, 4) is 5.75 Å². The molecule has 2 aromatic rings. The summed E-state index contributed by atoms with van der Waals surface area (Å²) in [6, 6.07) is 7.81. The van der Waals surface area contributed by atoms with Crippen LogP contribution in [-0.4, -0.2) is 33.4 Å². The summed E-state index contributed by atoms with van der Waals surface area (Å²) >= 11 is 1.44. The van der Waals surface area contributed by atoms with Crippen molar-refractivity contribution in [2.45, 2.75) is 31.0 Å². The normalized spacial score (nSPS) is 14.2. The van der Waals surface area contributed by atoms with Gasteiger partial charge >= 0.3 is 0 Å². The molecule has 1 aliphatic carbocycles. The van der Waals surface area contributed by atoms with Gasteiger partial charge in [-0.3, -0.25) is 4.79 Å². The van der Waals surface area contributed by atoms with Crippen LogP contribution in [0, 0.1) is 6.92 Å². The van der Waals surface area contributed by atoms with E-state index in [4.69, 9.17) is 4.74 Å². The van der Waals surface area contributed by atoms with Crippen LogP contribution in [0.4, 0.5) is 0 Å². The van der Waals surface area contributed by atoms with E-state index >= 15 is 0 Å². The molecule has 6 heteroatoms. The van der Waals surface area contributed by atoms with Crippen LogP contribution in [-0.2, 0) is 0 Å². The number of rotatable bonds is 6. The highest BCUT2D eigenvalue weighted by molar-refractivity contribution is 7.99. The van der Waals surface area contributed by atoms with E-state index in [1.54, 1.807) is 19.2 Å². The van der Waals surface area contributed by atoms with Gasteiger partial charge in [-0.2, -0.15) is 0 Å². The number of Topliss-reactive ketones (excluding diaryl/α,β-unsaturated/α-hetero) is 1. The second kappa shape index (κ2) is 5.89. The SMILES string of the molecule is COc1ccccc1C(=O)CSc1nnc(C)n1C1CC1. The van der Waals surface area contributed by atoms with Gasteiger partial charge in [0.15, 0.2) is 10.9 Å². The second-order valence-corrected chi connectivity index (χ2v) is 5.99. The number of ketones is 1. The first-order valence-corrected chi connectivity index (χ1v) is 7.89. The minimum absolute atomic E-state index is 0.0421. The summed E-state index contributed by atoms with van der Waals surface area (Å²) in [5.74, 6) is 1.92. The van der Waals surface area contributed by atoms with Gasteiger partial charge < -0.3 is 9.30 Å². The Labute approximate surface area is 127 Å².